The Morgan fingerprint density at radius 1 is 1.39 bits per heavy atom. The second-order valence-electron chi connectivity index (χ2n) is 5.21. The fourth-order valence-corrected chi connectivity index (χ4v) is 5.31. The Bertz CT molecular complexity index is 367. The van der Waals surface area contributed by atoms with Crippen molar-refractivity contribution in [1.82, 2.24) is 10.2 Å². The predicted octanol–water partition coefficient (Wildman–Crippen LogP) is 3.48. The van der Waals surface area contributed by atoms with Gasteiger partial charge in [0.2, 0.25) is 0 Å². The smallest absolute Gasteiger partial charge is 0.174 e. The molecular weight excluding hydrogens is 262 g/mol. The summed E-state index contributed by atoms with van der Waals surface area (Å²) in [5, 5.41) is 10.0. The number of hydrogen-bond donors (Lipinski definition) is 1. The molecule has 1 aromatic heterocycles. The Balaban J connectivity index is 1.97. The number of rotatable bonds is 5. The Hall–Kier alpha value is -0.130. The second kappa shape index (κ2) is 6.87. The van der Waals surface area contributed by atoms with E-state index in [1.165, 1.54) is 32.1 Å². The van der Waals surface area contributed by atoms with Crippen LogP contribution in [0, 0.1) is 18.8 Å². The summed E-state index contributed by atoms with van der Waals surface area (Å²) in [5.74, 6) is 1.55. The van der Waals surface area contributed by atoms with Crippen molar-refractivity contribution in [3.63, 3.8) is 0 Å². The summed E-state index contributed by atoms with van der Waals surface area (Å²) >= 11 is 3.62. The van der Waals surface area contributed by atoms with Gasteiger partial charge in [0.1, 0.15) is 5.01 Å². The first-order valence-electron chi connectivity index (χ1n) is 6.89. The van der Waals surface area contributed by atoms with Crippen molar-refractivity contribution in [3.05, 3.63) is 5.01 Å². The first-order valence-corrected chi connectivity index (χ1v) is 8.59. The molecule has 0 amide bonds. The van der Waals surface area contributed by atoms with E-state index < -0.39 is 0 Å². The molecule has 1 heterocycles. The van der Waals surface area contributed by atoms with Gasteiger partial charge in [-0.1, -0.05) is 49.3 Å². The van der Waals surface area contributed by atoms with Gasteiger partial charge in [0.05, 0.1) is 0 Å². The van der Waals surface area contributed by atoms with Crippen molar-refractivity contribution >= 4 is 23.1 Å². The quantitative estimate of drug-likeness (QED) is 0.900. The Labute approximate surface area is 118 Å². The molecule has 2 N–H and O–H groups in total. The number of aryl methyl sites for hydroxylation is 1. The standard InChI is InChI=1S/C13H23N3S2/c1-3-4-10-5-6-11(8-14)12(7-10)18-13-16-15-9(2)17-13/h10-12H,3-8,14H2,1-2H3. The second-order valence-corrected chi connectivity index (χ2v) is 7.87. The third-order valence-electron chi connectivity index (χ3n) is 3.80. The van der Waals surface area contributed by atoms with Crippen molar-refractivity contribution in [2.75, 3.05) is 6.54 Å². The lowest BCUT2D eigenvalue weighted by Gasteiger charge is -2.34. The maximum Gasteiger partial charge on any atom is 0.174 e. The van der Waals surface area contributed by atoms with E-state index in [-0.39, 0.29) is 0 Å². The minimum absolute atomic E-state index is 0.646. The summed E-state index contributed by atoms with van der Waals surface area (Å²) in [6.07, 6.45) is 6.62. The summed E-state index contributed by atoms with van der Waals surface area (Å²) in [4.78, 5) is 0. The average molecular weight is 285 g/mol. The SMILES string of the molecule is CCCC1CCC(CN)C(Sc2nnc(C)s2)C1. The van der Waals surface area contributed by atoms with Crippen LogP contribution in [0.5, 0.6) is 0 Å². The first kappa shape index (κ1) is 14.3. The molecule has 0 saturated heterocycles. The Kier molecular flexibility index (Phi) is 5.45. The monoisotopic (exact) mass is 285 g/mol. The van der Waals surface area contributed by atoms with Crippen LogP contribution in [0.15, 0.2) is 4.34 Å². The molecule has 2 rings (SSSR count). The zero-order valence-corrected chi connectivity index (χ0v) is 12.9. The van der Waals surface area contributed by atoms with Gasteiger partial charge in [-0.2, -0.15) is 0 Å². The molecule has 0 spiro atoms. The van der Waals surface area contributed by atoms with E-state index in [0.717, 1.165) is 21.8 Å². The fourth-order valence-electron chi connectivity index (χ4n) is 2.81. The maximum absolute atomic E-state index is 5.93. The van der Waals surface area contributed by atoms with Crippen LogP contribution < -0.4 is 5.73 Å². The molecule has 3 atom stereocenters. The predicted molar refractivity (Wildman–Crippen MR) is 79.1 cm³/mol. The fraction of sp³-hybridized carbons (Fsp3) is 0.846. The molecule has 0 radical (unpaired) electrons. The van der Waals surface area contributed by atoms with Gasteiger partial charge in [-0.3, -0.25) is 0 Å². The van der Waals surface area contributed by atoms with Crippen LogP contribution in [0.25, 0.3) is 0 Å². The molecule has 1 aromatic rings. The highest BCUT2D eigenvalue weighted by Crippen LogP contribution is 2.41. The lowest BCUT2D eigenvalue weighted by atomic mass is 9.80. The van der Waals surface area contributed by atoms with E-state index in [4.69, 9.17) is 5.73 Å². The van der Waals surface area contributed by atoms with E-state index in [2.05, 4.69) is 17.1 Å². The highest BCUT2D eigenvalue weighted by Gasteiger charge is 2.30. The van der Waals surface area contributed by atoms with E-state index in [1.54, 1.807) is 11.3 Å². The summed E-state index contributed by atoms with van der Waals surface area (Å²) in [6, 6.07) is 0. The van der Waals surface area contributed by atoms with E-state index >= 15 is 0 Å². The number of nitrogens with zero attached hydrogens (tertiary/aromatic N) is 2. The van der Waals surface area contributed by atoms with Crippen LogP contribution in [0.2, 0.25) is 0 Å². The molecule has 1 fully saturated rings. The van der Waals surface area contributed by atoms with Gasteiger partial charge in [0, 0.05) is 5.25 Å². The average Bonchev–Trinajstić information content (AvgIpc) is 2.76. The summed E-state index contributed by atoms with van der Waals surface area (Å²) in [7, 11) is 0. The van der Waals surface area contributed by atoms with Gasteiger partial charge in [-0.05, 0) is 38.1 Å². The van der Waals surface area contributed by atoms with Crippen LogP contribution in [-0.2, 0) is 0 Å². The van der Waals surface area contributed by atoms with Crippen LogP contribution in [0.3, 0.4) is 0 Å². The Morgan fingerprint density at radius 3 is 2.83 bits per heavy atom. The van der Waals surface area contributed by atoms with Crippen molar-refractivity contribution in [1.29, 1.82) is 0 Å². The molecule has 1 aliphatic carbocycles. The van der Waals surface area contributed by atoms with Gasteiger partial charge < -0.3 is 5.73 Å². The van der Waals surface area contributed by atoms with E-state index in [9.17, 15) is 0 Å². The highest BCUT2D eigenvalue weighted by atomic mass is 32.2. The molecule has 1 saturated carbocycles. The molecule has 0 aliphatic heterocycles. The molecule has 5 heteroatoms. The van der Waals surface area contributed by atoms with Crippen LogP contribution >= 0.6 is 23.1 Å². The van der Waals surface area contributed by atoms with Gasteiger partial charge >= 0.3 is 0 Å². The zero-order valence-electron chi connectivity index (χ0n) is 11.3. The zero-order chi connectivity index (χ0) is 13.0. The number of hydrogen-bond acceptors (Lipinski definition) is 5. The molecular formula is C13H23N3S2. The molecule has 102 valence electrons. The van der Waals surface area contributed by atoms with Crippen molar-refractivity contribution in [2.24, 2.45) is 17.6 Å². The number of aromatic nitrogens is 2. The number of thioether (sulfide) groups is 1. The van der Waals surface area contributed by atoms with Crippen molar-refractivity contribution < 1.29 is 0 Å². The topological polar surface area (TPSA) is 51.8 Å². The normalized spacial score (nSPS) is 28.5. The van der Waals surface area contributed by atoms with E-state index in [0.29, 0.717) is 11.2 Å². The van der Waals surface area contributed by atoms with Crippen molar-refractivity contribution in [2.45, 2.75) is 55.5 Å². The minimum Gasteiger partial charge on any atom is -0.330 e. The van der Waals surface area contributed by atoms with Gasteiger partial charge in [0.25, 0.3) is 0 Å². The largest absolute Gasteiger partial charge is 0.330 e. The lowest BCUT2D eigenvalue weighted by Crippen LogP contribution is -2.32. The summed E-state index contributed by atoms with van der Waals surface area (Å²) in [6.45, 7) is 5.11. The molecule has 1 aliphatic rings. The number of nitrogens with two attached hydrogens (primary N) is 1. The summed E-state index contributed by atoms with van der Waals surface area (Å²) in [5.41, 5.74) is 5.93. The van der Waals surface area contributed by atoms with Crippen LogP contribution in [0.4, 0.5) is 0 Å². The molecule has 0 aromatic carbocycles. The maximum atomic E-state index is 5.93. The molecule has 18 heavy (non-hydrogen) atoms. The van der Waals surface area contributed by atoms with Gasteiger partial charge in [-0.15, -0.1) is 10.2 Å². The lowest BCUT2D eigenvalue weighted by molar-refractivity contribution is 0.276. The van der Waals surface area contributed by atoms with Gasteiger partial charge in [-0.25, -0.2) is 0 Å². The van der Waals surface area contributed by atoms with Gasteiger partial charge in [0.15, 0.2) is 4.34 Å². The van der Waals surface area contributed by atoms with Crippen LogP contribution in [0.1, 0.15) is 44.0 Å². The molecule has 3 nitrogen and oxygen atoms in total. The first-order chi connectivity index (χ1) is 8.72. The third-order valence-corrected chi connectivity index (χ3v) is 6.13. The highest BCUT2D eigenvalue weighted by molar-refractivity contribution is 8.01. The van der Waals surface area contributed by atoms with E-state index in [1.807, 2.05) is 18.7 Å². The molecule has 3 unspecified atom stereocenters. The summed E-state index contributed by atoms with van der Waals surface area (Å²) < 4.78 is 1.12. The van der Waals surface area contributed by atoms with Crippen molar-refractivity contribution in [3.8, 4) is 0 Å². The van der Waals surface area contributed by atoms with Crippen LogP contribution in [-0.4, -0.2) is 22.0 Å². The Morgan fingerprint density at radius 2 is 2.22 bits per heavy atom. The minimum atomic E-state index is 0.646. The third kappa shape index (κ3) is 3.68. The molecule has 0 bridgehead atoms.